The van der Waals surface area contributed by atoms with E-state index in [1.54, 1.807) is 24.4 Å². The zero-order valence-electron chi connectivity index (χ0n) is 19.9. The molecule has 2 aromatic heterocycles. The first-order chi connectivity index (χ1) is 17.5. The normalized spacial score (nSPS) is 12.7. The van der Waals surface area contributed by atoms with Crippen molar-refractivity contribution in [3.05, 3.63) is 132 Å². The molecule has 2 unspecified atom stereocenters. The van der Waals surface area contributed by atoms with Gasteiger partial charge in [-0.1, -0.05) is 79.7 Å². The van der Waals surface area contributed by atoms with E-state index in [4.69, 9.17) is 0 Å². The van der Waals surface area contributed by atoms with E-state index in [2.05, 4.69) is 29.0 Å². The average molecular weight is 477 g/mol. The summed E-state index contributed by atoms with van der Waals surface area (Å²) in [7, 11) is 0. The molecule has 4 aromatic carbocycles. The van der Waals surface area contributed by atoms with Crippen molar-refractivity contribution >= 4 is 21.8 Å². The number of aromatic hydroxyl groups is 2. The quantitative estimate of drug-likeness (QED) is 0.190. The zero-order chi connectivity index (χ0) is 25.1. The number of aliphatic hydroxyl groups excluding tert-OH is 1. The maximum atomic E-state index is 10.4. The highest BCUT2D eigenvalue weighted by Gasteiger charge is 2.17. The van der Waals surface area contributed by atoms with E-state index >= 15 is 0 Å². The lowest BCUT2D eigenvalue weighted by Crippen LogP contribution is -1.98. The lowest BCUT2D eigenvalue weighted by atomic mass is 9.93. The molecule has 6 aromatic rings. The van der Waals surface area contributed by atoms with Gasteiger partial charge in [-0.05, 0) is 41.0 Å². The fourth-order valence-electron chi connectivity index (χ4n) is 4.68. The Balaban J connectivity index is 0.000000148. The Labute approximate surface area is 209 Å². The number of phenolic OH excluding ortho intramolecular Hbond substituents is 2. The van der Waals surface area contributed by atoms with Crippen molar-refractivity contribution in [2.24, 2.45) is 0 Å². The molecule has 5 heteroatoms. The second kappa shape index (κ2) is 10.0. The Morgan fingerprint density at radius 3 is 1.58 bits per heavy atom. The van der Waals surface area contributed by atoms with Crippen LogP contribution in [0.25, 0.3) is 21.8 Å². The van der Waals surface area contributed by atoms with Gasteiger partial charge in [0.2, 0.25) is 0 Å². The van der Waals surface area contributed by atoms with E-state index in [-0.39, 0.29) is 11.7 Å². The van der Waals surface area contributed by atoms with E-state index in [0.717, 1.165) is 27.5 Å². The fraction of sp³-hybridized carbons (Fsp3) is 0.0968. The number of fused-ring (bicyclic) bond motifs is 2. The molecule has 0 aliphatic heterocycles. The van der Waals surface area contributed by atoms with Crippen molar-refractivity contribution in [3.8, 4) is 11.5 Å². The van der Waals surface area contributed by atoms with Crippen LogP contribution in [-0.4, -0.2) is 25.3 Å². The zero-order valence-corrected chi connectivity index (χ0v) is 19.9. The number of phenols is 2. The highest BCUT2D eigenvalue weighted by Crippen LogP contribution is 2.35. The molecule has 0 saturated heterocycles. The molecule has 0 aliphatic rings. The first-order valence-corrected chi connectivity index (χ1v) is 11.9. The summed E-state index contributed by atoms with van der Waals surface area (Å²) in [5.41, 5.74) is 5.68. The monoisotopic (exact) mass is 476 g/mol. The Morgan fingerprint density at radius 2 is 1.03 bits per heavy atom. The molecular weight excluding hydrogens is 448 g/mol. The summed E-state index contributed by atoms with van der Waals surface area (Å²) in [6.07, 6.45) is 2.98. The first kappa shape index (κ1) is 23.3. The van der Waals surface area contributed by atoms with Gasteiger partial charge in [-0.25, -0.2) is 0 Å². The standard InChI is InChI=1S/C16H15NO.C15H13NO2/c1-11(12-6-3-2-4-7-12)13-10-17-14-8-5-9-15(18)16(13)14;17-13-8-4-7-12-14(13)11(9-16-12)15(18)10-5-2-1-3-6-10/h2-11,17-18H,1H3;1-9,15-18H. The van der Waals surface area contributed by atoms with Crippen LogP contribution in [0, 0.1) is 0 Å². The van der Waals surface area contributed by atoms with Crippen LogP contribution in [0.5, 0.6) is 11.5 Å². The lowest BCUT2D eigenvalue weighted by molar-refractivity contribution is 0.221. The van der Waals surface area contributed by atoms with Crippen molar-refractivity contribution in [1.29, 1.82) is 0 Å². The number of nitrogens with one attached hydrogen (secondary N) is 2. The molecule has 5 N–H and O–H groups in total. The van der Waals surface area contributed by atoms with Gasteiger partial charge in [0.25, 0.3) is 0 Å². The highest BCUT2D eigenvalue weighted by atomic mass is 16.3. The molecule has 2 atom stereocenters. The van der Waals surface area contributed by atoms with E-state index in [1.807, 2.05) is 72.9 Å². The number of aromatic amines is 2. The SMILES string of the molecule is CC(c1ccccc1)c1c[nH]c2cccc(O)c12.Oc1cccc2[nH]cc(C(O)c3ccccc3)c12. The Bertz CT molecular complexity index is 1460. The summed E-state index contributed by atoms with van der Waals surface area (Å²) in [5, 5.41) is 31.9. The second-order valence-electron chi connectivity index (χ2n) is 8.83. The molecule has 5 nitrogen and oxygen atoms in total. The molecule has 0 bridgehead atoms. The Hall–Kier alpha value is -4.48. The van der Waals surface area contributed by atoms with Crippen LogP contribution in [-0.2, 0) is 0 Å². The highest BCUT2D eigenvalue weighted by molar-refractivity contribution is 5.90. The van der Waals surface area contributed by atoms with Gasteiger partial charge in [-0.3, -0.25) is 0 Å². The smallest absolute Gasteiger partial charge is 0.125 e. The third kappa shape index (κ3) is 4.44. The summed E-state index contributed by atoms with van der Waals surface area (Å²) in [6.45, 7) is 2.16. The summed E-state index contributed by atoms with van der Waals surface area (Å²) in [5.74, 6) is 0.776. The maximum absolute atomic E-state index is 10.4. The van der Waals surface area contributed by atoms with Crippen LogP contribution < -0.4 is 0 Å². The number of hydrogen-bond donors (Lipinski definition) is 5. The van der Waals surface area contributed by atoms with Gasteiger partial charge in [-0.15, -0.1) is 0 Å². The Kier molecular flexibility index (Phi) is 6.48. The predicted octanol–water partition coefficient (Wildman–Crippen LogP) is 6.98. The first-order valence-electron chi connectivity index (χ1n) is 11.9. The molecule has 0 aliphatic carbocycles. The summed E-state index contributed by atoms with van der Waals surface area (Å²) >= 11 is 0. The number of aliphatic hydroxyl groups is 1. The summed E-state index contributed by atoms with van der Waals surface area (Å²) in [4.78, 5) is 6.28. The molecule has 0 spiro atoms. The van der Waals surface area contributed by atoms with Gasteiger partial charge in [0.15, 0.2) is 0 Å². The number of rotatable bonds is 4. The van der Waals surface area contributed by atoms with Crippen molar-refractivity contribution in [3.63, 3.8) is 0 Å². The van der Waals surface area contributed by atoms with Gasteiger partial charge in [0, 0.05) is 45.7 Å². The number of hydrogen-bond acceptors (Lipinski definition) is 3. The van der Waals surface area contributed by atoms with Gasteiger partial charge in [0.05, 0.1) is 0 Å². The third-order valence-electron chi connectivity index (χ3n) is 6.60. The van der Waals surface area contributed by atoms with Gasteiger partial charge in [0.1, 0.15) is 17.6 Å². The predicted molar refractivity (Wildman–Crippen MR) is 144 cm³/mol. The summed E-state index contributed by atoms with van der Waals surface area (Å²) in [6, 6.07) is 30.6. The van der Waals surface area contributed by atoms with E-state index in [0.29, 0.717) is 16.7 Å². The van der Waals surface area contributed by atoms with Crippen LogP contribution in [0.1, 0.15) is 41.2 Å². The van der Waals surface area contributed by atoms with Crippen molar-refractivity contribution < 1.29 is 15.3 Å². The number of aromatic nitrogens is 2. The topological polar surface area (TPSA) is 92.3 Å². The Morgan fingerprint density at radius 1 is 0.556 bits per heavy atom. The molecule has 2 heterocycles. The minimum atomic E-state index is -0.742. The molecule has 36 heavy (non-hydrogen) atoms. The molecule has 6 rings (SSSR count). The number of benzene rings is 4. The largest absolute Gasteiger partial charge is 0.507 e. The van der Waals surface area contributed by atoms with Crippen molar-refractivity contribution in [2.75, 3.05) is 0 Å². The minimum absolute atomic E-state index is 0.179. The molecule has 0 amide bonds. The fourth-order valence-corrected chi connectivity index (χ4v) is 4.68. The second-order valence-corrected chi connectivity index (χ2v) is 8.83. The average Bonchev–Trinajstić information content (AvgIpc) is 3.56. The van der Waals surface area contributed by atoms with Gasteiger partial charge in [-0.2, -0.15) is 0 Å². The molecule has 0 fully saturated rings. The van der Waals surface area contributed by atoms with Crippen LogP contribution in [0.3, 0.4) is 0 Å². The lowest BCUT2D eigenvalue weighted by Gasteiger charge is -2.11. The molecular formula is C31H28N2O3. The minimum Gasteiger partial charge on any atom is -0.507 e. The van der Waals surface area contributed by atoms with E-state index in [9.17, 15) is 15.3 Å². The molecule has 0 saturated carbocycles. The van der Waals surface area contributed by atoms with Crippen molar-refractivity contribution in [2.45, 2.75) is 18.9 Å². The number of H-pyrrole nitrogens is 2. The van der Waals surface area contributed by atoms with Crippen molar-refractivity contribution in [1.82, 2.24) is 9.97 Å². The van der Waals surface area contributed by atoms with Crippen LogP contribution in [0.2, 0.25) is 0 Å². The van der Waals surface area contributed by atoms with E-state index < -0.39 is 6.10 Å². The third-order valence-corrected chi connectivity index (χ3v) is 6.60. The molecule has 180 valence electrons. The van der Waals surface area contributed by atoms with Gasteiger partial charge >= 0.3 is 0 Å². The van der Waals surface area contributed by atoms with E-state index in [1.165, 1.54) is 5.56 Å². The molecule has 0 radical (unpaired) electrons. The maximum Gasteiger partial charge on any atom is 0.125 e. The van der Waals surface area contributed by atoms with Crippen LogP contribution in [0.4, 0.5) is 0 Å². The van der Waals surface area contributed by atoms with Crippen LogP contribution >= 0.6 is 0 Å². The van der Waals surface area contributed by atoms with Gasteiger partial charge < -0.3 is 25.3 Å². The van der Waals surface area contributed by atoms with Crippen LogP contribution in [0.15, 0.2) is 109 Å². The summed E-state index contributed by atoms with van der Waals surface area (Å²) < 4.78 is 0.